The van der Waals surface area contributed by atoms with Crippen molar-refractivity contribution in [2.24, 2.45) is 7.05 Å². The molecule has 0 unspecified atom stereocenters. The Balaban J connectivity index is 1.63. The van der Waals surface area contributed by atoms with Crippen molar-refractivity contribution >= 4 is 29.1 Å². The molecule has 26 heavy (non-hydrogen) atoms. The molecule has 1 saturated heterocycles. The summed E-state index contributed by atoms with van der Waals surface area (Å²) in [4.78, 5) is 40.7. The van der Waals surface area contributed by atoms with Gasteiger partial charge in [-0.1, -0.05) is 0 Å². The van der Waals surface area contributed by atoms with E-state index in [9.17, 15) is 14.4 Å². The Kier molecular flexibility index (Phi) is 3.80. The van der Waals surface area contributed by atoms with Gasteiger partial charge in [0.1, 0.15) is 5.54 Å². The van der Waals surface area contributed by atoms with Crippen LogP contribution in [0.25, 0.3) is 0 Å². The second-order valence-corrected chi connectivity index (χ2v) is 8.11. The van der Waals surface area contributed by atoms with Gasteiger partial charge in [-0.05, 0) is 50.6 Å². The van der Waals surface area contributed by atoms with Crippen LogP contribution in [0.15, 0.2) is 17.5 Å². The SMILES string of the molecule is Cc1cc(C(=O)CN2C(=O)N[C@@]3(CCCc4sccc43)C2=O)c(C)n1C. The monoisotopic (exact) mass is 371 g/mol. The lowest BCUT2D eigenvalue weighted by Crippen LogP contribution is -2.46. The van der Waals surface area contributed by atoms with Gasteiger partial charge in [-0.15, -0.1) is 11.3 Å². The number of Topliss-reactive ketones (excluding diaryl/α,β-unsaturated/α-hetero) is 1. The summed E-state index contributed by atoms with van der Waals surface area (Å²) < 4.78 is 1.93. The van der Waals surface area contributed by atoms with Crippen LogP contribution in [0.4, 0.5) is 4.79 Å². The highest BCUT2D eigenvalue weighted by Gasteiger charge is 2.54. The van der Waals surface area contributed by atoms with E-state index in [1.54, 1.807) is 11.3 Å². The normalized spacial score (nSPS) is 22.0. The van der Waals surface area contributed by atoms with Gasteiger partial charge >= 0.3 is 6.03 Å². The van der Waals surface area contributed by atoms with E-state index in [0.717, 1.165) is 39.6 Å². The number of fused-ring (bicyclic) bond motifs is 2. The minimum absolute atomic E-state index is 0.215. The summed E-state index contributed by atoms with van der Waals surface area (Å²) in [7, 11) is 1.89. The summed E-state index contributed by atoms with van der Waals surface area (Å²) in [5.41, 5.74) is 2.27. The van der Waals surface area contributed by atoms with Crippen molar-refractivity contribution in [1.29, 1.82) is 0 Å². The second kappa shape index (κ2) is 5.81. The molecule has 1 atom stereocenters. The first-order valence-electron chi connectivity index (χ1n) is 8.72. The molecular formula is C19H21N3O3S. The number of hydrogen-bond acceptors (Lipinski definition) is 4. The van der Waals surface area contributed by atoms with Crippen LogP contribution in [0.3, 0.4) is 0 Å². The van der Waals surface area contributed by atoms with E-state index in [-0.39, 0.29) is 18.2 Å². The fourth-order valence-corrected chi connectivity index (χ4v) is 5.05. The number of imide groups is 1. The average molecular weight is 371 g/mol. The molecule has 1 aliphatic heterocycles. The number of urea groups is 1. The zero-order chi connectivity index (χ0) is 18.6. The van der Waals surface area contributed by atoms with Gasteiger partial charge in [-0.2, -0.15) is 0 Å². The molecule has 7 heteroatoms. The first kappa shape index (κ1) is 17.0. The number of carbonyl (C=O) groups excluding carboxylic acids is 3. The molecule has 3 heterocycles. The topological polar surface area (TPSA) is 71.4 Å². The third-order valence-corrected chi connectivity index (χ3v) is 6.69. The predicted octanol–water partition coefficient (Wildman–Crippen LogP) is 2.67. The largest absolute Gasteiger partial charge is 0.351 e. The summed E-state index contributed by atoms with van der Waals surface area (Å²) in [6.45, 7) is 3.56. The number of ketones is 1. The number of nitrogens with one attached hydrogen (secondary N) is 1. The van der Waals surface area contributed by atoms with E-state index in [1.165, 1.54) is 0 Å². The lowest BCUT2D eigenvalue weighted by atomic mass is 9.80. The minimum Gasteiger partial charge on any atom is -0.351 e. The highest BCUT2D eigenvalue weighted by Crippen LogP contribution is 2.42. The standard InChI is InChI=1S/C19H21N3O3S/c1-11-9-13(12(2)21(11)3)15(23)10-22-17(24)19(20-18(22)25)7-4-5-16-14(19)6-8-26-16/h6,8-9H,4-5,7,10H2,1-3H3,(H,20,25)/t19-/m1/s1. The number of aryl methyl sites for hydroxylation is 2. The van der Waals surface area contributed by atoms with Crippen molar-refractivity contribution in [3.05, 3.63) is 44.9 Å². The lowest BCUT2D eigenvalue weighted by Gasteiger charge is -2.31. The van der Waals surface area contributed by atoms with E-state index in [4.69, 9.17) is 0 Å². The molecule has 3 amide bonds. The number of aromatic nitrogens is 1. The number of rotatable bonds is 3. The van der Waals surface area contributed by atoms with Crippen LogP contribution in [-0.4, -0.2) is 33.7 Å². The Hall–Kier alpha value is -2.41. The Morgan fingerprint density at radius 1 is 1.35 bits per heavy atom. The smallest absolute Gasteiger partial charge is 0.325 e. The van der Waals surface area contributed by atoms with Crippen molar-refractivity contribution in [2.75, 3.05) is 6.54 Å². The molecule has 0 bridgehead atoms. The molecule has 1 N–H and O–H groups in total. The van der Waals surface area contributed by atoms with Crippen LogP contribution >= 0.6 is 11.3 Å². The van der Waals surface area contributed by atoms with Gasteiger partial charge in [-0.3, -0.25) is 14.5 Å². The molecule has 6 nitrogen and oxygen atoms in total. The van der Waals surface area contributed by atoms with Gasteiger partial charge in [0.2, 0.25) is 0 Å². The van der Waals surface area contributed by atoms with Gasteiger partial charge in [0.05, 0.1) is 6.54 Å². The van der Waals surface area contributed by atoms with Crippen LogP contribution in [-0.2, 0) is 23.8 Å². The van der Waals surface area contributed by atoms with Crippen LogP contribution in [0.5, 0.6) is 0 Å². The molecule has 136 valence electrons. The fraction of sp³-hybridized carbons (Fsp3) is 0.421. The van der Waals surface area contributed by atoms with Crippen LogP contribution in [0.2, 0.25) is 0 Å². The lowest BCUT2D eigenvalue weighted by molar-refractivity contribution is -0.131. The van der Waals surface area contributed by atoms with Crippen LogP contribution in [0.1, 0.15) is 45.0 Å². The second-order valence-electron chi connectivity index (χ2n) is 7.10. The Labute approximate surface area is 155 Å². The van der Waals surface area contributed by atoms with Crippen molar-refractivity contribution in [1.82, 2.24) is 14.8 Å². The van der Waals surface area contributed by atoms with Gasteiger partial charge in [0.25, 0.3) is 5.91 Å². The van der Waals surface area contributed by atoms with Crippen molar-refractivity contribution in [3.8, 4) is 0 Å². The molecule has 2 aromatic heterocycles. The molecule has 0 aromatic carbocycles. The van der Waals surface area contributed by atoms with Gasteiger partial charge < -0.3 is 9.88 Å². The first-order valence-corrected chi connectivity index (χ1v) is 9.60. The molecule has 1 aliphatic carbocycles. The maximum absolute atomic E-state index is 13.2. The molecule has 4 rings (SSSR count). The molecule has 0 radical (unpaired) electrons. The number of hydrogen-bond donors (Lipinski definition) is 1. The zero-order valence-corrected chi connectivity index (χ0v) is 15.9. The summed E-state index contributed by atoms with van der Waals surface area (Å²) in [5, 5.41) is 4.85. The van der Waals surface area contributed by atoms with Crippen molar-refractivity contribution in [2.45, 2.75) is 38.6 Å². The summed E-state index contributed by atoms with van der Waals surface area (Å²) in [5.74, 6) is -0.520. The van der Waals surface area contributed by atoms with E-state index >= 15 is 0 Å². The first-order chi connectivity index (χ1) is 12.3. The maximum atomic E-state index is 13.2. The average Bonchev–Trinajstić information content (AvgIpc) is 3.25. The maximum Gasteiger partial charge on any atom is 0.325 e. The van der Waals surface area contributed by atoms with Gasteiger partial charge in [0, 0.05) is 34.4 Å². The van der Waals surface area contributed by atoms with Gasteiger partial charge in [0.15, 0.2) is 5.78 Å². The third-order valence-electron chi connectivity index (χ3n) is 5.71. The molecule has 1 spiro atoms. The fourth-order valence-electron chi connectivity index (χ4n) is 4.05. The van der Waals surface area contributed by atoms with E-state index < -0.39 is 11.6 Å². The number of amides is 3. The Bertz CT molecular complexity index is 942. The Morgan fingerprint density at radius 3 is 2.81 bits per heavy atom. The zero-order valence-electron chi connectivity index (χ0n) is 15.1. The quantitative estimate of drug-likeness (QED) is 0.666. The van der Waals surface area contributed by atoms with Crippen molar-refractivity contribution in [3.63, 3.8) is 0 Å². The predicted molar refractivity (Wildman–Crippen MR) is 98.4 cm³/mol. The summed E-state index contributed by atoms with van der Waals surface area (Å²) in [6.07, 6.45) is 2.35. The highest BCUT2D eigenvalue weighted by molar-refractivity contribution is 7.10. The molecule has 1 fully saturated rings. The number of thiophene rings is 1. The summed E-state index contributed by atoms with van der Waals surface area (Å²) >= 11 is 1.62. The molecule has 2 aliphatic rings. The summed E-state index contributed by atoms with van der Waals surface area (Å²) in [6, 6.07) is 3.25. The number of carbonyl (C=O) groups is 3. The Morgan fingerprint density at radius 2 is 2.12 bits per heavy atom. The number of nitrogens with zero attached hydrogens (tertiary/aromatic N) is 2. The van der Waals surface area contributed by atoms with E-state index in [2.05, 4.69) is 5.32 Å². The van der Waals surface area contributed by atoms with E-state index in [1.807, 2.05) is 43.0 Å². The van der Waals surface area contributed by atoms with Crippen LogP contribution in [0, 0.1) is 13.8 Å². The highest BCUT2D eigenvalue weighted by atomic mass is 32.1. The molecule has 2 aromatic rings. The van der Waals surface area contributed by atoms with Crippen molar-refractivity contribution < 1.29 is 14.4 Å². The van der Waals surface area contributed by atoms with Gasteiger partial charge in [-0.25, -0.2) is 4.79 Å². The minimum atomic E-state index is -0.993. The van der Waals surface area contributed by atoms with E-state index in [0.29, 0.717) is 12.0 Å². The molecule has 0 saturated carbocycles. The molecular weight excluding hydrogens is 350 g/mol. The van der Waals surface area contributed by atoms with Crippen LogP contribution < -0.4 is 5.32 Å². The third kappa shape index (κ3) is 2.26.